The van der Waals surface area contributed by atoms with Crippen LogP contribution in [0.4, 0.5) is 5.13 Å². The van der Waals surface area contributed by atoms with Gasteiger partial charge in [-0.25, -0.2) is 9.67 Å². The first-order chi connectivity index (χ1) is 11.2. The highest BCUT2D eigenvalue weighted by Gasteiger charge is 2.35. The van der Waals surface area contributed by atoms with Gasteiger partial charge in [0.2, 0.25) is 5.13 Å². The Hall–Kier alpha value is -1.54. The third-order valence-electron chi connectivity index (χ3n) is 4.91. The molecule has 2 aromatic rings. The Morgan fingerprint density at radius 3 is 2.96 bits per heavy atom. The van der Waals surface area contributed by atoms with Crippen molar-refractivity contribution in [3.63, 3.8) is 0 Å². The summed E-state index contributed by atoms with van der Waals surface area (Å²) in [6, 6.07) is 0. The molecule has 23 heavy (non-hydrogen) atoms. The highest BCUT2D eigenvalue weighted by Crippen LogP contribution is 2.35. The van der Waals surface area contributed by atoms with E-state index >= 15 is 0 Å². The summed E-state index contributed by atoms with van der Waals surface area (Å²) >= 11 is 1.47. The highest BCUT2D eigenvalue weighted by atomic mass is 32.1. The monoisotopic (exact) mass is 334 g/mol. The van der Waals surface area contributed by atoms with E-state index in [1.807, 2.05) is 0 Å². The first-order valence-electron chi connectivity index (χ1n) is 8.37. The van der Waals surface area contributed by atoms with E-state index in [0.717, 1.165) is 30.3 Å². The molecule has 0 amide bonds. The number of anilines is 1. The topological polar surface area (TPSA) is 80.0 Å². The number of hydrogen-bond donors (Lipinski definition) is 1. The second-order valence-electron chi connectivity index (χ2n) is 6.77. The summed E-state index contributed by atoms with van der Waals surface area (Å²) in [6.45, 7) is 1.98. The van der Waals surface area contributed by atoms with Crippen LogP contribution in [0.5, 0.6) is 0 Å². The number of β-amino-alcohol motifs (C(OH)–C–C–N with tert-alkyl or cyclic N) is 1. The molecule has 1 aliphatic carbocycles. The van der Waals surface area contributed by atoms with Gasteiger partial charge < -0.3 is 10.0 Å². The molecule has 1 saturated carbocycles. The molecular formula is C15H22N6OS. The van der Waals surface area contributed by atoms with E-state index in [2.05, 4.69) is 19.6 Å². The number of aromatic nitrogens is 5. The van der Waals surface area contributed by atoms with Crippen molar-refractivity contribution >= 4 is 16.7 Å². The molecule has 0 aromatic carbocycles. The molecule has 2 fully saturated rings. The van der Waals surface area contributed by atoms with Gasteiger partial charge in [0.15, 0.2) is 0 Å². The van der Waals surface area contributed by atoms with Gasteiger partial charge in [0, 0.05) is 30.2 Å². The quantitative estimate of drug-likeness (QED) is 0.919. The van der Waals surface area contributed by atoms with Gasteiger partial charge in [0.05, 0.1) is 19.3 Å². The fourth-order valence-electron chi connectivity index (χ4n) is 3.73. The van der Waals surface area contributed by atoms with Crippen molar-refractivity contribution in [3.05, 3.63) is 18.2 Å². The Morgan fingerprint density at radius 2 is 2.17 bits per heavy atom. The summed E-state index contributed by atoms with van der Waals surface area (Å²) in [5, 5.41) is 19.7. The van der Waals surface area contributed by atoms with E-state index in [-0.39, 0.29) is 0 Å². The van der Waals surface area contributed by atoms with Gasteiger partial charge in [-0.15, -0.1) is 5.10 Å². The summed E-state index contributed by atoms with van der Waals surface area (Å²) in [7, 11) is 0. The van der Waals surface area contributed by atoms with Gasteiger partial charge in [-0.3, -0.25) is 0 Å². The molecule has 7 nitrogen and oxygen atoms in total. The molecule has 2 aliphatic rings. The first kappa shape index (κ1) is 15.0. The molecule has 0 spiro atoms. The van der Waals surface area contributed by atoms with Crippen LogP contribution >= 0.6 is 11.5 Å². The van der Waals surface area contributed by atoms with E-state index < -0.39 is 5.60 Å². The molecule has 0 radical (unpaired) electrons. The average Bonchev–Trinajstić information content (AvgIpc) is 3.29. The van der Waals surface area contributed by atoms with Gasteiger partial charge in [-0.1, -0.05) is 18.1 Å². The Bertz CT molecular complexity index is 638. The zero-order valence-electron chi connectivity index (χ0n) is 13.1. The lowest BCUT2D eigenvalue weighted by molar-refractivity contribution is 0.00602. The van der Waals surface area contributed by atoms with Crippen molar-refractivity contribution in [1.82, 2.24) is 24.4 Å². The summed E-state index contributed by atoms with van der Waals surface area (Å²) in [4.78, 5) is 6.94. The lowest BCUT2D eigenvalue weighted by Crippen LogP contribution is -2.50. The van der Waals surface area contributed by atoms with Crippen LogP contribution in [0.25, 0.3) is 0 Å². The van der Waals surface area contributed by atoms with E-state index in [1.54, 1.807) is 17.1 Å². The second-order valence-corrected chi connectivity index (χ2v) is 7.50. The maximum absolute atomic E-state index is 10.9. The van der Waals surface area contributed by atoms with Gasteiger partial charge in [-0.2, -0.15) is 4.37 Å². The second kappa shape index (κ2) is 6.16. The van der Waals surface area contributed by atoms with Gasteiger partial charge in [0.1, 0.15) is 11.4 Å². The molecule has 4 rings (SSSR count). The smallest absolute Gasteiger partial charge is 0.205 e. The molecule has 2 aromatic heterocycles. The Balaban J connectivity index is 1.46. The predicted molar refractivity (Wildman–Crippen MR) is 87.5 cm³/mol. The number of rotatable bonds is 4. The van der Waals surface area contributed by atoms with Crippen LogP contribution in [0, 0.1) is 0 Å². The van der Waals surface area contributed by atoms with Gasteiger partial charge in [-0.05, 0) is 25.7 Å². The summed E-state index contributed by atoms with van der Waals surface area (Å²) < 4.78 is 6.28. The standard InChI is InChI=1S/C15H22N6OS/c22-15(11-21-9-7-16-19-21)6-3-8-20(10-15)14-17-13(18-23-14)12-4-1-2-5-12/h7,9,12,22H,1-6,8,10-11H2/t15-/m1/s1. The van der Waals surface area contributed by atoms with Crippen molar-refractivity contribution < 1.29 is 5.11 Å². The molecule has 1 aliphatic heterocycles. The van der Waals surface area contributed by atoms with Crippen LogP contribution in [0.1, 0.15) is 50.3 Å². The molecule has 124 valence electrons. The number of hydrogen-bond acceptors (Lipinski definition) is 7. The van der Waals surface area contributed by atoms with E-state index in [1.165, 1.54) is 37.2 Å². The fourth-order valence-corrected chi connectivity index (χ4v) is 4.50. The van der Waals surface area contributed by atoms with Crippen LogP contribution in [0.2, 0.25) is 0 Å². The predicted octanol–water partition coefficient (Wildman–Crippen LogP) is 1.82. The number of nitrogens with zero attached hydrogens (tertiary/aromatic N) is 6. The summed E-state index contributed by atoms with van der Waals surface area (Å²) in [6.07, 6.45) is 10.2. The minimum atomic E-state index is -0.787. The molecule has 8 heteroatoms. The Labute approximate surface area is 139 Å². The lowest BCUT2D eigenvalue weighted by Gasteiger charge is -2.38. The lowest BCUT2D eigenvalue weighted by atomic mass is 9.93. The SMILES string of the molecule is O[C@]1(Cn2ccnn2)CCCN(c2nc(C3CCCC3)ns2)C1. The van der Waals surface area contributed by atoms with E-state index in [0.29, 0.717) is 19.0 Å². The van der Waals surface area contributed by atoms with Crippen LogP contribution < -0.4 is 4.90 Å². The van der Waals surface area contributed by atoms with Gasteiger partial charge >= 0.3 is 0 Å². The van der Waals surface area contributed by atoms with Crippen LogP contribution in [0.3, 0.4) is 0 Å². The van der Waals surface area contributed by atoms with Crippen LogP contribution in [-0.4, -0.2) is 48.1 Å². The molecule has 3 heterocycles. The maximum Gasteiger partial charge on any atom is 0.205 e. The zero-order valence-corrected chi connectivity index (χ0v) is 14.0. The van der Waals surface area contributed by atoms with Crippen LogP contribution in [-0.2, 0) is 6.54 Å². The molecular weight excluding hydrogens is 312 g/mol. The van der Waals surface area contributed by atoms with E-state index in [9.17, 15) is 5.11 Å². The normalized spacial score (nSPS) is 26.0. The first-order valence-corrected chi connectivity index (χ1v) is 9.14. The number of aliphatic hydroxyl groups is 1. The molecule has 1 saturated heterocycles. The summed E-state index contributed by atoms with van der Waals surface area (Å²) in [5.41, 5.74) is -0.787. The van der Waals surface area contributed by atoms with Crippen molar-refractivity contribution in [2.45, 2.75) is 56.6 Å². The van der Waals surface area contributed by atoms with Crippen LogP contribution in [0.15, 0.2) is 12.4 Å². The fraction of sp³-hybridized carbons (Fsp3) is 0.733. The van der Waals surface area contributed by atoms with E-state index in [4.69, 9.17) is 4.98 Å². The van der Waals surface area contributed by atoms with Crippen molar-refractivity contribution in [2.24, 2.45) is 0 Å². The zero-order chi connectivity index (χ0) is 15.7. The molecule has 0 unspecified atom stereocenters. The third-order valence-corrected chi connectivity index (χ3v) is 5.70. The van der Waals surface area contributed by atoms with Crippen molar-refractivity contribution in [3.8, 4) is 0 Å². The molecule has 1 atom stereocenters. The Kier molecular flexibility index (Phi) is 4.02. The number of piperidine rings is 1. The minimum Gasteiger partial charge on any atom is -0.386 e. The van der Waals surface area contributed by atoms with Gasteiger partial charge in [0.25, 0.3) is 0 Å². The summed E-state index contributed by atoms with van der Waals surface area (Å²) in [5.74, 6) is 1.55. The average molecular weight is 334 g/mol. The largest absolute Gasteiger partial charge is 0.386 e. The highest BCUT2D eigenvalue weighted by molar-refractivity contribution is 7.09. The maximum atomic E-state index is 10.9. The van der Waals surface area contributed by atoms with Crippen molar-refractivity contribution in [2.75, 3.05) is 18.0 Å². The third kappa shape index (κ3) is 3.23. The minimum absolute atomic E-state index is 0.470. The Morgan fingerprint density at radius 1 is 1.30 bits per heavy atom. The van der Waals surface area contributed by atoms with Crippen molar-refractivity contribution in [1.29, 1.82) is 0 Å². The molecule has 1 N–H and O–H groups in total. The molecule has 0 bridgehead atoms.